The number of esters is 1. The molecule has 0 amide bonds. The number of aliphatic hydroxyl groups excluding tert-OH is 2. The summed E-state index contributed by atoms with van der Waals surface area (Å²) in [6, 6.07) is 0. The van der Waals surface area contributed by atoms with Crippen LogP contribution in [0.15, 0.2) is 0 Å². The molecule has 2 N–H and O–H groups in total. The minimum atomic E-state index is -2.00. The third-order valence-electron chi connectivity index (χ3n) is 1.35. The summed E-state index contributed by atoms with van der Waals surface area (Å²) >= 11 is 0. The number of halogens is 1. The van der Waals surface area contributed by atoms with Crippen LogP contribution in [0.4, 0.5) is 4.39 Å². The van der Waals surface area contributed by atoms with Crippen molar-refractivity contribution in [2.75, 3.05) is 6.61 Å². The summed E-state index contributed by atoms with van der Waals surface area (Å²) in [5.41, 5.74) is 0. The molecule has 0 spiro atoms. The maximum Gasteiger partial charge on any atom is 0.344 e. The van der Waals surface area contributed by atoms with Crippen molar-refractivity contribution in [3.05, 3.63) is 0 Å². The highest BCUT2D eigenvalue weighted by Gasteiger charge is 2.43. The van der Waals surface area contributed by atoms with Crippen molar-refractivity contribution in [3.8, 4) is 0 Å². The number of aliphatic hydroxyl groups is 2. The van der Waals surface area contributed by atoms with Gasteiger partial charge in [0.15, 0.2) is 6.10 Å². The second-order valence-corrected chi connectivity index (χ2v) is 2.05. The summed E-state index contributed by atoms with van der Waals surface area (Å²) in [4.78, 5) is 10.3. The van der Waals surface area contributed by atoms with Crippen molar-refractivity contribution in [2.45, 2.75) is 18.4 Å². The zero-order valence-corrected chi connectivity index (χ0v) is 5.03. The second kappa shape index (κ2) is 2.51. The molecular weight excluding hydrogens is 143 g/mol. The van der Waals surface area contributed by atoms with Gasteiger partial charge in [-0.25, -0.2) is 9.18 Å². The van der Waals surface area contributed by atoms with Crippen LogP contribution < -0.4 is 0 Å². The second-order valence-electron chi connectivity index (χ2n) is 2.05. The Balaban J connectivity index is 2.61. The lowest BCUT2D eigenvalue weighted by atomic mass is 10.2. The predicted octanol–water partition coefficient (Wildman–Crippen LogP) is -1.40. The van der Waals surface area contributed by atoms with E-state index in [0.717, 1.165) is 0 Å². The van der Waals surface area contributed by atoms with E-state index in [4.69, 9.17) is 10.2 Å². The Morgan fingerprint density at radius 2 is 2.30 bits per heavy atom. The molecule has 0 aromatic carbocycles. The normalized spacial score (nSPS) is 39.9. The van der Waals surface area contributed by atoms with Gasteiger partial charge < -0.3 is 14.9 Å². The van der Waals surface area contributed by atoms with Crippen LogP contribution in [0.5, 0.6) is 0 Å². The maximum absolute atomic E-state index is 12.3. The highest BCUT2D eigenvalue weighted by atomic mass is 19.1. The van der Waals surface area contributed by atoms with Crippen molar-refractivity contribution in [1.29, 1.82) is 0 Å². The fourth-order valence-corrected chi connectivity index (χ4v) is 0.757. The molecule has 1 aliphatic rings. The van der Waals surface area contributed by atoms with Gasteiger partial charge in [0.2, 0.25) is 6.17 Å². The first kappa shape index (κ1) is 7.43. The number of hydrogen-bond donors (Lipinski definition) is 2. The van der Waals surface area contributed by atoms with Crippen LogP contribution in [0.1, 0.15) is 0 Å². The topological polar surface area (TPSA) is 66.8 Å². The van der Waals surface area contributed by atoms with Crippen molar-refractivity contribution in [2.24, 2.45) is 0 Å². The Labute approximate surface area is 56.2 Å². The molecule has 1 unspecified atom stereocenters. The Morgan fingerprint density at radius 3 is 2.50 bits per heavy atom. The van der Waals surface area contributed by atoms with Crippen molar-refractivity contribution in [3.63, 3.8) is 0 Å². The lowest BCUT2D eigenvalue weighted by molar-refractivity contribution is -0.146. The van der Waals surface area contributed by atoms with Crippen LogP contribution in [-0.2, 0) is 9.53 Å². The van der Waals surface area contributed by atoms with Crippen molar-refractivity contribution < 1.29 is 24.1 Å². The minimum absolute atomic E-state index is 0.548. The first-order valence-electron chi connectivity index (χ1n) is 2.80. The van der Waals surface area contributed by atoms with E-state index < -0.39 is 31.0 Å². The molecule has 0 radical (unpaired) electrons. The van der Waals surface area contributed by atoms with E-state index in [1.54, 1.807) is 0 Å². The molecule has 1 rings (SSSR count). The number of cyclic esters (lactones) is 1. The molecule has 5 heteroatoms. The maximum atomic E-state index is 12.3. The van der Waals surface area contributed by atoms with E-state index in [-0.39, 0.29) is 0 Å². The van der Waals surface area contributed by atoms with E-state index in [1.807, 2.05) is 0 Å². The van der Waals surface area contributed by atoms with E-state index in [9.17, 15) is 9.18 Å². The summed E-state index contributed by atoms with van der Waals surface area (Å²) in [5.74, 6) is -1.11. The zero-order chi connectivity index (χ0) is 7.72. The first-order chi connectivity index (χ1) is 4.66. The Hall–Kier alpha value is -0.680. The molecule has 1 heterocycles. The molecule has 1 fully saturated rings. The average molecular weight is 150 g/mol. The fraction of sp³-hybridized carbons (Fsp3) is 0.800. The Morgan fingerprint density at radius 1 is 1.70 bits per heavy atom. The molecule has 0 aromatic heterocycles. The van der Waals surface area contributed by atoms with Crippen molar-refractivity contribution >= 4 is 5.97 Å². The number of alkyl halides is 1. The molecule has 0 aliphatic carbocycles. The molecular formula is C5H7FO4. The lowest BCUT2D eigenvalue weighted by Gasteiger charge is -2.07. The molecule has 1 saturated heterocycles. The van der Waals surface area contributed by atoms with Crippen molar-refractivity contribution in [1.82, 2.24) is 0 Å². The predicted molar refractivity (Wildman–Crippen MR) is 27.9 cm³/mol. The number of ether oxygens (including phenoxy) is 1. The van der Waals surface area contributed by atoms with E-state index >= 15 is 0 Å². The monoisotopic (exact) mass is 150 g/mol. The highest BCUT2D eigenvalue weighted by Crippen LogP contribution is 2.17. The number of carbonyl (C=O) groups excluding carboxylic acids is 1. The average Bonchev–Trinajstić information content (AvgIpc) is 2.17. The number of rotatable bonds is 1. The molecule has 3 atom stereocenters. The van der Waals surface area contributed by atoms with Crippen LogP contribution in [0.25, 0.3) is 0 Å². The first-order valence-corrected chi connectivity index (χ1v) is 2.80. The SMILES string of the molecule is O=C1O[C@H](CO)[C@@H](O)C1F. The van der Waals surface area contributed by atoms with Gasteiger partial charge in [0.25, 0.3) is 0 Å². The van der Waals surface area contributed by atoms with E-state index in [1.165, 1.54) is 0 Å². The molecule has 4 nitrogen and oxygen atoms in total. The van der Waals surface area contributed by atoms with Gasteiger partial charge in [-0.3, -0.25) is 0 Å². The zero-order valence-electron chi connectivity index (χ0n) is 5.03. The molecule has 58 valence electrons. The highest BCUT2D eigenvalue weighted by molar-refractivity contribution is 5.77. The largest absolute Gasteiger partial charge is 0.455 e. The van der Waals surface area contributed by atoms with Crippen LogP contribution in [0.3, 0.4) is 0 Å². The standard InChI is InChI=1S/C5H7FO4/c6-3-4(8)2(1-7)10-5(3)9/h2-4,7-8H,1H2/t2-,3?,4-/m1/s1. The van der Waals surface area contributed by atoms with Gasteiger partial charge in [0.1, 0.15) is 6.10 Å². The summed E-state index contributed by atoms with van der Waals surface area (Å²) in [5, 5.41) is 17.1. The number of hydrogen-bond acceptors (Lipinski definition) is 4. The van der Waals surface area contributed by atoms with Gasteiger partial charge in [0, 0.05) is 0 Å². The van der Waals surface area contributed by atoms with Gasteiger partial charge >= 0.3 is 5.97 Å². The Bertz CT molecular complexity index is 149. The quantitative estimate of drug-likeness (QED) is 0.451. The third kappa shape index (κ3) is 0.975. The Kier molecular flexibility index (Phi) is 1.87. The van der Waals surface area contributed by atoms with Crippen LogP contribution >= 0.6 is 0 Å². The minimum Gasteiger partial charge on any atom is -0.455 e. The van der Waals surface area contributed by atoms with Crippen LogP contribution in [0, 0.1) is 0 Å². The molecule has 1 aliphatic heterocycles. The van der Waals surface area contributed by atoms with E-state index in [2.05, 4.69) is 4.74 Å². The third-order valence-corrected chi connectivity index (χ3v) is 1.35. The van der Waals surface area contributed by atoms with Gasteiger partial charge in [-0.2, -0.15) is 0 Å². The lowest BCUT2D eigenvalue weighted by Crippen LogP contribution is -2.30. The van der Waals surface area contributed by atoms with E-state index in [0.29, 0.717) is 0 Å². The number of carbonyl (C=O) groups is 1. The van der Waals surface area contributed by atoms with Gasteiger partial charge in [0.05, 0.1) is 6.61 Å². The molecule has 10 heavy (non-hydrogen) atoms. The summed E-state index contributed by atoms with van der Waals surface area (Å²) < 4.78 is 16.5. The molecule has 0 bridgehead atoms. The fourth-order valence-electron chi connectivity index (χ4n) is 0.757. The molecule has 0 saturated carbocycles. The van der Waals surface area contributed by atoms with Crippen LogP contribution in [-0.4, -0.2) is 41.2 Å². The summed E-state index contributed by atoms with van der Waals surface area (Å²) in [7, 11) is 0. The molecule has 0 aromatic rings. The summed E-state index contributed by atoms with van der Waals surface area (Å²) in [6.45, 7) is -0.548. The van der Waals surface area contributed by atoms with Gasteiger partial charge in [-0.15, -0.1) is 0 Å². The smallest absolute Gasteiger partial charge is 0.344 e. The summed E-state index contributed by atoms with van der Waals surface area (Å²) in [6.07, 6.45) is -4.61. The van der Waals surface area contributed by atoms with Gasteiger partial charge in [-0.05, 0) is 0 Å². The van der Waals surface area contributed by atoms with Gasteiger partial charge in [-0.1, -0.05) is 0 Å². The van der Waals surface area contributed by atoms with Crippen LogP contribution in [0.2, 0.25) is 0 Å².